The molecule has 2 heterocycles. The van der Waals surface area contributed by atoms with Crippen LogP contribution in [0.1, 0.15) is 39.5 Å². The minimum atomic E-state index is -0.188. The van der Waals surface area contributed by atoms with Gasteiger partial charge in [-0.25, -0.2) is 0 Å². The number of aryl methyl sites for hydroxylation is 1. The van der Waals surface area contributed by atoms with Crippen LogP contribution in [0.4, 0.5) is 0 Å². The first kappa shape index (κ1) is 15.2. The fourth-order valence-electron chi connectivity index (χ4n) is 1.72. The number of nitrogens with zero attached hydrogens (tertiary/aromatic N) is 3. The fourth-order valence-corrected chi connectivity index (χ4v) is 1.72. The third-order valence-corrected chi connectivity index (χ3v) is 3.32. The van der Waals surface area contributed by atoms with Gasteiger partial charge in [-0.2, -0.15) is 4.98 Å². The number of hydrogen-bond donors (Lipinski definition) is 1. The molecule has 2 rings (SSSR count). The van der Waals surface area contributed by atoms with Gasteiger partial charge in [-0.1, -0.05) is 12.1 Å². The van der Waals surface area contributed by atoms with Crippen LogP contribution in [-0.2, 0) is 11.2 Å². The van der Waals surface area contributed by atoms with E-state index >= 15 is 0 Å². The van der Waals surface area contributed by atoms with Crippen molar-refractivity contribution < 1.29 is 9.32 Å². The first-order valence-corrected chi connectivity index (χ1v) is 7.04. The van der Waals surface area contributed by atoms with E-state index in [2.05, 4.69) is 20.4 Å². The number of carbonyl (C=O) groups excluding carboxylic acids is 1. The van der Waals surface area contributed by atoms with Crippen molar-refractivity contribution in [1.29, 1.82) is 0 Å². The Balaban J connectivity index is 1.90. The average molecular weight is 288 g/mol. The second-order valence-corrected chi connectivity index (χ2v) is 5.54. The largest absolute Gasteiger partial charge is 0.351 e. The zero-order valence-corrected chi connectivity index (χ0v) is 12.6. The van der Waals surface area contributed by atoms with Crippen molar-refractivity contribution in [2.24, 2.45) is 0 Å². The van der Waals surface area contributed by atoms with E-state index < -0.39 is 0 Å². The lowest BCUT2D eigenvalue weighted by Gasteiger charge is -2.24. The third-order valence-electron chi connectivity index (χ3n) is 3.32. The number of rotatable bonds is 6. The van der Waals surface area contributed by atoms with Crippen molar-refractivity contribution in [3.8, 4) is 11.4 Å². The summed E-state index contributed by atoms with van der Waals surface area (Å²) in [6.45, 7) is 6.04. The lowest BCUT2D eigenvalue weighted by Crippen LogP contribution is -2.42. The van der Waals surface area contributed by atoms with E-state index in [9.17, 15) is 4.79 Å². The van der Waals surface area contributed by atoms with Gasteiger partial charge < -0.3 is 9.84 Å². The van der Waals surface area contributed by atoms with Crippen molar-refractivity contribution in [3.05, 3.63) is 30.4 Å². The van der Waals surface area contributed by atoms with E-state index in [0.29, 0.717) is 24.6 Å². The van der Waals surface area contributed by atoms with Gasteiger partial charge in [0.25, 0.3) is 0 Å². The molecule has 0 saturated carbocycles. The monoisotopic (exact) mass is 288 g/mol. The van der Waals surface area contributed by atoms with Crippen molar-refractivity contribution in [1.82, 2.24) is 20.4 Å². The highest BCUT2D eigenvalue weighted by Crippen LogP contribution is 2.14. The molecule has 0 atom stereocenters. The van der Waals surface area contributed by atoms with Crippen LogP contribution < -0.4 is 5.32 Å². The molecule has 6 heteroatoms. The highest BCUT2D eigenvalue weighted by molar-refractivity contribution is 5.76. The molecule has 1 amide bonds. The summed E-state index contributed by atoms with van der Waals surface area (Å²) < 4.78 is 5.16. The Bertz CT molecular complexity index is 593. The minimum absolute atomic E-state index is 0.0111. The number of nitrogens with one attached hydrogen (secondary N) is 1. The van der Waals surface area contributed by atoms with E-state index in [4.69, 9.17) is 4.52 Å². The van der Waals surface area contributed by atoms with E-state index in [1.165, 1.54) is 0 Å². The van der Waals surface area contributed by atoms with Crippen LogP contribution in [0.15, 0.2) is 29.0 Å². The molecule has 0 fully saturated rings. The molecule has 1 N–H and O–H groups in total. The molecule has 0 aliphatic heterocycles. The summed E-state index contributed by atoms with van der Waals surface area (Å²) >= 11 is 0. The third kappa shape index (κ3) is 4.37. The van der Waals surface area contributed by atoms with Crippen molar-refractivity contribution in [2.45, 2.75) is 45.6 Å². The van der Waals surface area contributed by atoms with Crippen LogP contribution in [0.3, 0.4) is 0 Å². The Morgan fingerprint density at radius 3 is 2.90 bits per heavy atom. The molecule has 2 aromatic rings. The summed E-state index contributed by atoms with van der Waals surface area (Å²) in [6.07, 6.45) is 5.00. The second-order valence-electron chi connectivity index (χ2n) is 5.54. The van der Waals surface area contributed by atoms with E-state index in [0.717, 1.165) is 12.0 Å². The van der Waals surface area contributed by atoms with Crippen molar-refractivity contribution >= 4 is 5.91 Å². The van der Waals surface area contributed by atoms with Crippen LogP contribution in [0.25, 0.3) is 11.4 Å². The number of pyridine rings is 1. The molecule has 112 valence electrons. The Hall–Kier alpha value is -2.24. The molecule has 0 aliphatic carbocycles. The molecule has 6 nitrogen and oxygen atoms in total. The highest BCUT2D eigenvalue weighted by Gasteiger charge is 2.18. The highest BCUT2D eigenvalue weighted by atomic mass is 16.5. The Morgan fingerprint density at radius 2 is 2.24 bits per heavy atom. The maximum absolute atomic E-state index is 11.9. The van der Waals surface area contributed by atoms with Crippen LogP contribution in [-0.4, -0.2) is 26.6 Å². The standard InChI is InChI=1S/C15H20N4O2/c1-4-15(2,3)18-12(20)7-8-13-17-14(19-21-13)11-6-5-9-16-10-11/h5-6,9-10H,4,7-8H2,1-3H3,(H,18,20). The van der Waals surface area contributed by atoms with Crippen LogP contribution in [0.2, 0.25) is 0 Å². The van der Waals surface area contributed by atoms with Gasteiger partial charge in [0.1, 0.15) is 0 Å². The zero-order chi connectivity index (χ0) is 15.3. The molecule has 0 bridgehead atoms. The number of carbonyl (C=O) groups is 1. The quantitative estimate of drug-likeness (QED) is 0.882. The smallest absolute Gasteiger partial charge is 0.227 e. The number of aromatic nitrogens is 3. The summed E-state index contributed by atoms with van der Waals surface area (Å²) in [7, 11) is 0. The molecule has 0 radical (unpaired) electrons. The first-order chi connectivity index (χ1) is 10.00. The molecule has 0 aromatic carbocycles. The van der Waals surface area contributed by atoms with Gasteiger partial charge in [0.05, 0.1) is 0 Å². The molecule has 0 saturated heterocycles. The lowest BCUT2D eigenvalue weighted by molar-refractivity contribution is -0.122. The molecule has 0 aliphatic rings. The van der Waals surface area contributed by atoms with Gasteiger partial charge in [-0.15, -0.1) is 0 Å². The SMILES string of the molecule is CCC(C)(C)NC(=O)CCc1nc(-c2cccnc2)no1. The van der Waals surface area contributed by atoms with Gasteiger partial charge >= 0.3 is 0 Å². The van der Waals surface area contributed by atoms with Gasteiger partial charge in [0.2, 0.25) is 17.6 Å². The van der Waals surface area contributed by atoms with Crippen LogP contribution in [0.5, 0.6) is 0 Å². The summed E-state index contributed by atoms with van der Waals surface area (Å²) in [6, 6.07) is 3.67. The summed E-state index contributed by atoms with van der Waals surface area (Å²) in [5.41, 5.74) is 0.608. The van der Waals surface area contributed by atoms with Gasteiger partial charge in [0.15, 0.2) is 0 Å². The number of amides is 1. The molecule has 0 unspecified atom stereocenters. The maximum Gasteiger partial charge on any atom is 0.227 e. The van der Waals surface area contributed by atoms with E-state index in [1.807, 2.05) is 32.9 Å². The second kappa shape index (κ2) is 6.47. The first-order valence-electron chi connectivity index (χ1n) is 7.04. The van der Waals surface area contributed by atoms with E-state index in [1.54, 1.807) is 12.4 Å². The predicted octanol–water partition coefficient (Wildman–Crippen LogP) is 2.37. The number of hydrogen-bond acceptors (Lipinski definition) is 5. The topological polar surface area (TPSA) is 80.9 Å². The van der Waals surface area contributed by atoms with Crippen molar-refractivity contribution in [3.63, 3.8) is 0 Å². The van der Waals surface area contributed by atoms with Gasteiger partial charge in [0, 0.05) is 36.3 Å². The summed E-state index contributed by atoms with van der Waals surface area (Å²) in [5, 5.41) is 6.87. The maximum atomic E-state index is 11.9. The van der Waals surface area contributed by atoms with Crippen LogP contribution >= 0.6 is 0 Å². The van der Waals surface area contributed by atoms with E-state index in [-0.39, 0.29) is 11.4 Å². The van der Waals surface area contributed by atoms with Gasteiger partial charge in [-0.3, -0.25) is 9.78 Å². The zero-order valence-electron chi connectivity index (χ0n) is 12.6. The van der Waals surface area contributed by atoms with Crippen LogP contribution in [0, 0.1) is 0 Å². The lowest BCUT2D eigenvalue weighted by atomic mass is 10.0. The fraction of sp³-hybridized carbons (Fsp3) is 0.467. The van der Waals surface area contributed by atoms with Gasteiger partial charge in [-0.05, 0) is 32.4 Å². The van der Waals surface area contributed by atoms with Crippen molar-refractivity contribution in [2.75, 3.05) is 0 Å². The minimum Gasteiger partial charge on any atom is -0.351 e. The molecule has 2 aromatic heterocycles. The molecular weight excluding hydrogens is 268 g/mol. The Morgan fingerprint density at radius 1 is 1.43 bits per heavy atom. The summed E-state index contributed by atoms with van der Waals surface area (Å²) in [5.74, 6) is 0.939. The molecule has 21 heavy (non-hydrogen) atoms. The summed E-state index contributed by atoms with van der Waals surface area (Å²) in [4.78, 5) is 20.1. The normalized spacial score (nSPS) is 11.4. The Kier molecular flexibility index (Phi) is 4.67. The molecule has 0 spiro atoms. The molecular formula is C15H20N4O2. The Labute approximate surface area is 124 Å². The average Bonchev–Trinajstić information content (AvgIpc) is 2.95. The predicted molar refractivity (Wildman–Crippen MR) is 78.4 cm³/mol.